The van der Waals surface area contributed by atoms with Gasteiger partial charge in [-0.1, -0.05) is 37.0 Å². The summed E-state index contributed by atoms with van der Waals surface area (Å²) >= 11 is 12.9. The Labute approximate surface area is 242 Å². The standard InChI is InChI=1S/C23H25Cl2N6O9P/c1-12(2)14-9-18(28-31(21(14)32)19-5-3-4-6-38-19)40-20-15(24)7-13(8-16(20)25)30-23(34)29(11-39-41(35,36)37)22(33)17(10-26)27-30/h7-9,12,19,21,32H,3-6,11H2,1-2H3,(H2,35,36,37). The van der Waals surface area contributed by atoms with E-state index in [0.29, 0.717) is 23.3 Å². The first-order valence-electron chi connectivity index (χ1n) is 12.2. The molecule has 2 aliphatic heterocycles. The highest BCUT2D eigenvalue weighted by molar-refractivity contribution is 7.46. The van der Waals surface area contributed by atoms with Gasteiger partial charge in [0.2, 0.25) is 11.6 Å². The summed E-state index contributed by atoms with van der Waals surface area (Å²) in [5, 5.41) is 29.6. The van der Waals surface area contributed by atoms with Gasteiger partial charge in [-0.05, 0) is 42.9 Å². The zero-order valence-electron chi connectivity index (χ0n) is 21.7. The monoisotopic (exact) mass is 630 g/mol. The highest BCUT2D eigenvalue weighted by Gasteiger charge is 2.34. The number of hydrazone groups is 1. The number of aromatic nitrogens is 3. The molecule has 0 spiro atoms. The molecule has 0 radical (unpaired) electrons. The van der Waals surface area contributed by atoms with Crippen molar-refractivity contribution in [2.24, 2.45) is 11.0 Å². The predicted molar refractivity (Wildman–Crippen MR) is 144 cm³/mol. The van der Waals surface area contributed by atoms with Crippen molar-refractivity contribution in [3.63, 3.8) is 0 Å². The van der Waals surface area contributed by atoms with Crippen LogP contribution in [0.2, 0.25) is 10.0 Å². The first kappa shape index (κ1) is 30.9. The molecule has 0 amide bonds. The Hall–Kier alpha value is -3.06. The summed E-state index contributed by atoms with van der Waals surface area (Å²) in [5.41, 5.74) is -2.67. The third-order valence-electron chi connectivity index (χ3n) is 6.13. The van der Waals surface area contributed by atoms with Gasteiger partial charge in [0.25, 0.3) is 5.56 Å². The maximum atomic E-state index is 13.0. The lowest BCUT2D eigenvalue weighted by Crippen LogP contribution is -2.47. The third kappa shape index (κ3) is 6.88. The molecule has 0 saturated carbocycles. The molecule has 2 aromatic rings. The van der Waals surface area contributed by atoms with Crippen LogP contribution in [0.1, 0.15) is 38.8 Å². The molecule has 1 saturated heterocycles. The van der Waals surface area contributed by atoms with Crippen molar-refractivity contribution in [1.82, 2.24) is 19.4 Å². The topological polar surface area (TPSA) is 202 Å². The number of ether oxygens (including phenoxy) is 2. The van der Waals surface area contributed by atoms with E-state index in [0.717, 1.165) is 12.8 Å². The van der Waals surface area contributed by atoms with Gasteiger partial charge >= 0.3 is 13.5 Å². The molecule has 1 fully saturated rings. The Kier molecular flexibility index (Phi) is 9.37. The average Bonchev–Trinajstić information content (AvgIpc) is 2.91. The van der Waals surface area contributed by atoms with Gasteiger partial charge in [-0.25, -0.2) is 18.9 Å². The highest BCUT2D eigenvalue weighted by Crippen LogP contribution is 2.37. The van der Waals surface area contributed by atoms with Crippen LogP contribution >= 0.6 is 31.0 Å². The molecule has 3 heterocycles. The van der Waals surface area contributed by atoms with Crippen molar-refractivity contribution in [1.29, 1.82) is 5.26 Å². The molecule has 1 aromatic carbocycles. The van der Waals surface area contributed by atoms with Crippen LogP contribution in [-0.2, 0) is 20.6 Å². The lowest BCUT2D eigenvalue weighted by molar-refractivity contribution is -0.140. The number of rotatable bonds is 7. The van der Waals surface area contributed by atoms with E-state index in [9.17, 15) is 24.5 Å². The van der Waals surface area contributed by atoms with E-state index in [1.165, 1.54) is 23.2 Å². The van der Waals surface area contributed by atoms with E-state index in [2.05, 4.69) is 14.7 Å². The lowest BCUT2D eigenvalue weighted by atomic mass is 9.99. The van der Waals surface area contributed by atoms with Crippen LogP contribution in [0.3, 0.4) is 0 Å². The number of aliphatic hydroxyl groups excluding tert-OH is 1. The number of hydrogen-bond acceptors (Lipinski definition) is 11. The third-order valence-corrected chi connectivity index (χ3v) is 7.14. The number of hydrogen-bond donors (Lipinski definition) is 3. The van der Waals surface area contributed by atoms with Crippen molar-refractivity contribution in [2.45, 2.75) is 52.3 Å². The Bertz CT molecular complexity index is 1580. The fourth-order valence-electron chi connectivity index (χ4n) is 4.11. The van der Waals surface area contributed by atoms with Gasteiger partial charge in [0, 0.05) is 12.7 Å². The Balaban J connectivity index is 1.72. The zero-order valence-corrected chi connectivity index (χ0v) is 24.1. The maximum Gasteiger partial charge on any atom is 0.471 e. The molecule has 2 unspecified atom stereocenters. The molecule has 4 rings (SSSR count). The Morgan fingerprint density at radius 3 is 2.49 bits per heavy atom. The van der Waals surface area contributed by atoms with Crippen LogP contribution in [-0.4, -0.2) is 59.2 Å². The van der Waals surface area contributed by atoms with Crippen molar-refractivity contribution in [2.75, 3.05) is 6.61 Å². The molecule has 0 bridgehead atoms. The molecule has 3 N–H and O–H groups in total. The van der Waals surface area contributed by atoms with E-state index >= 15 is 0 Å². The summed E-state index contributed by atoms with van der Waals surface area (Å²) in [6.07, 6.45) is 2.53. The van der Waals surface area contributed by atoms with Gasteiger partial charge in [0.1, 0.15) is 19.0 Å². The minimum absolute atomic E-state index is 0.0530. The molecular weight excluding hydrogens is 606 g/mol. The van der Waals surface area contributed by atoms with Crippen LogP contribution in [0.5, 0.6) is 5.75 Å². The number of halogens is 2. The highest BCUT2D eigenvalue weighted by atomic mass is 35.5. The molecule has 18 heteroatoms. The van der Waals surface area contributed by atoms with E-state index < -0.39 is 44.0 Å². The molecule has 2 aliphatic rings. The van der Waals surface area contributed by atoms with Gasteiger partial charge in [-0.3, -0.25) is 9.32 Å². The molecule has 15 nitrogen and oxygen atoms in total. The largest absolute Gasteiger partial charge is 0.471 e. The quantitative estimate of drug-likeness (QED) is 0.376. The summed E-state index contributed by atoms with van der Waals surface area (Å²) < 4.78 is 28.0. The second-order valence-electron chi connectivity index (χ2n) is 9.29. The predicted octanol–water partition coefficient (Wildman–Crippen LogP) is 2.07. The van der Waals surface area contributed by atoms with Crippen LogP contribution in [0.4, 0.5) is 0 Å². The van der Waals surface area contributed by atoms with Gasteiger partial charge in [-0.15, -0.1) is 10.2 Å². The van der Waals surface area contributed by atoms with E-state index in [1.807, 2.05) is 13.8 Å². The van der Waals surface area contributed by atoms with E-state index in [-0.39, 0.29) is 37.9 Å². The average molecular weight is 631 g/mol. The number of phosphoric acid groups is 1. The van der Waals surface area contributed by atoms with Gasteiger partial charge in [0.05, 0.1) is 15.7 Å². The molecule has 2 atom stereocenters. The number of aliphatic hydroxyl groups is 1. The first-order chi connectivity index (χ1) is 19.3. The first-order valence-corrected chi connectivity index (χ1v) is 14.5. The summed E-state index contributed by atoms with van der Waals surface area (Å²) in [6, 6.07) is 3.94. The van der Waals surface area contributed by atoms with Crippen LogP contribution in [0.25, 0.3) is 5.69 Å². The number of nitrogens with zero attached hydrogens (tertiary/aromatic N) is 6. The second kappa shape index (κ2) is 12.4. The summed E-state index contributed by atoms with van der Waals surface area (Å²) in [5.74, 6) is -0.0613. The molecule has 0 aliphatic carbocycles. The van der Waals surface area contributed by atoms with Crippen molar-refractivity contribution < 1.29 is 33.5 Å². The van der Waals surface area contributed by atoms with Crippen molar-refractivity contribution in [3.8, 4) is 17.5 Å². The fraction of sp³-hybridized carbons (Fsp3) is 0.435. The summed E-state index contributed by atoms with van der Waals surface area (Å²) in [7, 11) is -5.06. The van der Waals surface area contributed by atoms with Crippen molar-refractivity contribution in [3.05, 3.63) is 60.4 Å². The van der Waals surface area contributed by atoms with Crippen LogP contribution in [0.15, 0.2) is 38.5 Å². The number of phosphoric ester groups is 1. The Morgan fingerprint density at radius 2 is 1.93 bits per heavy atom. The van der Waals surface area contributed by atoms with E-state index in [4.69, 9.17) is 42.5 Å². The minimum Gasteiger partial charge on any atom is -0.434 e. The van der Waals surface area contributed by atoms with E-state index in [1.54, 1.807) is 6.08 Å². The minimum atomic E-state index is -5.06. The Morgan fingerprint density at radius 1 is 1.24 bits per heavy atom. The maximum absolute atomic E-state index is 13.0. The fourth-order valence-corrected chi connectivity index (χ4v) is 4.93. The molecule has 41 heavy (non-hydrogen) atoms. The molecule has 220 valence electrons. The smallest absolute Gasteiger partial charge is 0.434 e. The number of nitriles is 1. The normalized spacial score (nSPS) is 19.5. The van der Waals surface area contributed by atoms with Gasteiger partial charge < -0.3 is 24.4 Å². The summed E-state index contributed by atoms with van der Waals surface area (Å²) in [4.78, 5) is 43.3. The van der Waals surface area contributed by atoms with Crippen molar-refractivity contribution >= 4 is 36.9 Å². The second-order valence-corrected chi connectivity index (χ2v) is 11.3. The zero-order chi connectivity index (χ0) is 30.1. The van der Waals surface area contributed by atoms with Gasteiger partial charge in [-0.2, -0.15) is 9.94 Å². The molecular formula is C23H25Cl2N6O9P. The SMILES string of the molecule is CC(C)C1=CC(Oc2c(Cl)cc(-n3nc(C#N)c(=O)n(COP(=O)(O)O)c3=O)cc2Cl)=NN(C2CCCCO2)C1O. The lowest BCUT2D eigenvalue weighted by Gasteiger charge is -2.38. The van der Waals surface area contributed by atoms with Crippen LogP contribution < -0.4 is 16.0 Å². The van der Waals surface area contributed by atoms with Gasteiger partial charge in [0.15, 0.2) is 12.0 Å². The number of benzene rings is 1. The van der Waals surface area contributed by atoms with Crippen LogP contribution in [0, 0.1) is 17.2 Å². The summed E-state index contributed by atoms with van der Waals surface area (Å²) in [6.45, 7) is 3.17. The molecule has 1 aromatic heterocycles.